The molecule has 2 aromatic rings. The van der Waals surface area contributed by atoms with Crippen LogP contribution in [0.25, 0.3) is 0 Å². The molecule has 4 heterocycles. The third-order valence-corrected chi connectivity index (χ3v) is 13.9. The van der Waals surface area contributed by atoms with Crippen LogP contribution in [0.3, 0.4) is 0 Å². The molecule has 1 spiro atoms. The normalized spacial score (nSPS) is 31.4. The molecule has 4 saturated carbocycles. The minimum atomic E-state index is -5.02. The second-order valence-electron chi connectivity index (χ2n) is 15.0. The summed E-state index contributed by atoms with van der Waals surface area (Å²) in [7, 11) is -3.06. The van der Waals surface area contributed by atoms with Gasteiger partial charge in [0.05, 0.1) is 17.1 Å². The third kappa shape index (κ3) is 5.55. The van der Waals surface area contributed by atoms with Gasteiger partial charge in [0.1, 0.15) is 17.4 Å². The lowest BCUT2D eigenvalue weighted by atomic mass is 9.48. The second-order valence-corrected chi connectivity index (χ2v) is 17.3. The predicted octanol–water partition coefficient (Wildman–Crippen LogP) is 4.66. The number of nitrogens with one attached hydrogen (secondary N) is 1. The second kappa shape index (κ2) is 11.5. The van der Waals surface area contributed by atoms with E-state index in [9.17, 15) is 36.3 Å². The molecule has 6 fully saturated rings. The van der Waals surface area contributed by atoms with Crippen LogP contribution in [-0.4, -0.2) is 78.3 Å². The molecule has 1 amide bonds. The van der Waals surface area contributed by atoms with Gasteiger partial charge in [-0.2, -0.15) is 13.2 Å². The highest BCUT2D eigenvalue weighted by atomic mass is 32.2. The number of amides is 1. The fraction of sp³-hybridized carbons (Fsp3) is 0.647. The summed E-state index contributed by atoms with van der Waals surface area (Å²) in [5, 5.41) is 13.0. The van der Waals surface area contributed by atoms with Crippen LogP contribution < -0.4 is 15.0 Å². The quantitative estimate of drug-likeness (QED) is 0.435. The van der Waals surface area contributed by atoms with Crippen molar-refractivity contribution >= 4 is 33.3 Å². The maximum Gasteiger partial charge on any atom is 0.434 e. The van der Waals surface area contributed by atoms with E-state index in [2.05, 4.69) is 15.3 Å². The van der Waals surface area contributed by atoms with Gasteiger partial charge in [-0.25, -0.2) is 23.2 Å². The van der Waals surface area contributed by atoms with Crippen LogP contribution in [0.15, 0.2) is 24.4 Å². The summed E-state index contributed by atoms with van der Waals surface area (Å²) in [5.41, 5.74) is -2.84. The molecule has 9 rings (SSSR count). The Bertz CT molecular complexity index is 1750. The number of carbonyl (C=O) groups is 2. The van der Waals surface area contributed by atoms with Gasteiger partial charge in [-0.1, -0.05) is 0 Å². The van der Waals surface area contributed by atoms with Gasteiger partial charge >= 0.3 is 12.1 Å². The number of fused-ring (bicyclic) bond motifs is 2. The van der Waals surface area contributed by atoms with Crippen molar-refractivity contribution in [2.45, 2.75) is 81.0 Å². The number of rotatable bonds is 6. The number of halogens is 3. The highest BCUT2D eigenvalue weighted by molar-refractivity contribution is 7.91. The van der Waals surface area contributed by atoms with Crippen LogP contribution in [0.5, 0.6) is 5.75 Å². The van der Waals surface area contributed by atoms with E-state index in [0.717, 1.165) is 18.2 Å². The molecule has 3 aliphatic heterocycles. The van der Waals surface area contributed by atoms with Crippen LogP contribution >= 0.6 is 0 Å². The molecule has 1 aromatic carbocycles. The fourth-order valence-electron chi connectivity index (χ4n) is 9.94. The van der Waals surface area contributed by atoms with Crippen molar-refractivity contribution < 1.29 is 45.8 Å². The van der Waals surface area contributed by atoms with Crippen molar-refractivity contribution in [1.29, 1.82) is 0 Å². The lowest BCUT2D eigenvalue weighted by Gasteiger charge is -2.59. The van der Waals surface area contributed by atoms with Gasteiger partial charge in [0.2, 0.25) is 5.95 Å². The zero-order valence-electron chi connectivity index (χ0n) is 26.9. The van der Waals surface area contributed by atoms with Gasteiger partial charge in [-0.05, 0) is 105 Å². The van der Waals surface area contributed by atoms with E-state index in [0.29, 0.717) is 87.9 Å². The Kier molecular flexibility index (Phi) is 7.71. The maximum absolute atomic E-state index is 14.7. The van der Waals surface area contributed by atoms with E-state index in [-0.39, 0.29) is 41.9 Å². The predicted molar refractivity (Wildman–Crippen MR) is 169 cm³/mol. The molecule has 1 aromatic heterocycles. The van der Waals surface area contributed by atoms with Crippen molar-refractivity contribution in [2.75, 3.05) is 36.2 Å². The standard InChI is InChI=1S/C34H39F3N4O7S/c35-34(36,37)28-25(29(42)40-33(30(43)44)21-12-19-11-20(14-21)15-22(33)13-19)17-38-31(39-28)41-18-32(5-7-47-8-6-32)26-16-24(1-2-27(26)41)48-23-3-9-49(45,46)10-4-23/h1-2,16-17,19-23H,3-15,18H2,(H,40,42)(H,43,44). The minimum absolute atomic E-state index is 0.0595. The summed E-state index contributed by atoms with van der Waals surface area (Å²) in [4.78, 5) is 36.4. The molecular formula is C34H39F3N4O7S. The lowest BCUT2D eigenvalue weighted by Crippen LogP contribution is -2.70. The van der Waals surface area contributed by atoms with Crippen molar-refractivity contribution in [3.05, 3.63) is 41.2 Å². The molecule has 15 heteroatoms. The van der Waals surface area contributed by atoms with Gasteiger partial charge in [0.15, 0.2) is 15.5 Å². The van der Waals surface area contributed by atoms with E-state index < -0.39 is 50.1 Å². The number of ether oxygens (including phenoxy) is 2. The first kappa shape index (κ1) is 32.7. The lowest BCUT2D eigenvalue weighted by molar-refractivity contribution is -0.163. The maximum atomic E-state index is 14.7. The molecule has 7 aliphatic rings. The molecule has 0 radical (unpaired) electrons. The van der Waals surface area contributed by atoms with Gasteiger partial charge in [0.25, 0.3) is 5.91 Å². The first-order chi connectivity index (χ1) is 23.3. The van der Waals surface area contributed by atoms with Crippen LogP contribution in [-0.2, 0) is 31.0 Å². The Balaban J connectivity index is 1.11. The van der Waals surface area contributed by atoms with Crippen LogP contribution in [0.2, 0.25) is 0 Å². The zero-order chi connectivity index (χ0) is 34.3. The molecule has 11 nitrogen and oxygen atoms in total. The Morgan fingerprint density at radius 3 is 2.29 bits per heavy atom. The number of sulfone groups is 1. The van der Waals surface area contributed by atoms with Crippen LogP contribution in [0.4, 0.5) is 24.8 Å². The van der Waals surface area contributed by atoms with E-state index in [1.165, 1.54) is 0 Å². The Morgan fingerprint density at radius 2 is 1.67 bits per heavy atom. The number of aromatic nitrogens is 2. The number of aliphatic carboxylic acids is 1. The molecule has 2 saturated heterocycles. The smallest absolute Gasteiger partial charge is 0.434 e. The topological polar surface area (TPSA) is 148 Å². The van der Waals surface area contributed by atoms with Crippen LogP contribution in [0.1, 0.15) is 79.4 Å². The number of hydrogen-bond donors (Lipinski definition) is 2. The number of alkyl halides is 3. The van der Waals surface area contributed by atoms with Crippen molar-refractivity contribution in [2.24, 2.45) is 23.7 Å². The van der Waals surface area contributed by atoms with Crippen molar-refractivity contribution in [1.82, 2.24) is 15.3 Å². The van der Waals surface area contributed by atoms with Crippen molar-refractivity contribution in [3.63, 3.8) is 0 Å². The number of nitrogens with zero attached hydrogens (tertiary/aromatic N) is 3. The summed E-state index contributed by atoms with van der Waals surface area (Å²) in [5.74, 6) is -1.78. The Hall–Kier alpha value is -3.46. The highest BCUT2D eigenvalue weighted by Crippen LogP contribution is 2.58. The summed E-state index contributed by atoms with van der Waals surface area (Å²) >= 11 is 0. The van der Waals surface area contributed by atoms with E-state index in [1.807, 2.05) is 6.07 Å². The summed E-state index contributed by atoms with van der Waals surface area (Å²) < 4.78 is 79.7. The molecule has 0 unspecified atom stereocenters. The summed E-state index contributed by atoms with van der Waals surface area (Å²) in [6, 6.07) is 5.36. The van der Waals surface area contributed by atoms with E-state index in [1.54, 1.807) is 17.0 Å². The number of hydrogen-bond acceptors (Lipinski definition) is 9. The molecule has 4 aliphatic carbocycles. The van der Waals surface area contributed by atoms with Gasteiger partial charge in [-0.15, -0.1) is 0 Å². The van der Waals surface area contributed by atoms with E-state index in [4.69, 9.17) is 9.47 Å². The molecule has 264 valence electrons. The molecule has 0 atom stereocenters. The third-order valence-electron chi connectivity index (χ3n) is 12.2. The summed E-state index contributed by atoms with van der Waals surface area (Å²) in [6.07, 6.45) is 1.16. The molecule has 2 N–H and O–H groups in total. The van der Waals surface area contributed by atoms with Crippen LogP contribution in [0, 0.1) is 23.7 Å². The monoisotopic (exact) mass is 704 g/mol. The molecule has 49 heavy (non-hydrogen) atoms. The minimum Gasteiger partial charge on any atom is -0.490 e. The largest absolute Gasteiger partial charge is 0.490 e. The summed E-state index contributed by atoms with van der Waals surface area (Å²) in [6.45, 7) is 1.20. The number of carboxylic acid groups (broad SMARTS) is 1. The zero-order valence-corrected chi connectivity index (χ0v) is 27.7. The van der Waals surface area contributed by atoms with Gasteiger partial charge in [0, 0.05) is 37.1 Å². The average Bonchev–Trinajstić information content (AvgIpc) is 3.35. The van der Waals surface area contributed by atoms with Crippen molar-refractivity contribution in [3.8, 4) is 5.75 Å². The number of anilines is 2. The number of benzene rings is 1. The Morgan fingerprint density at radius 1 is 1.02 bits per heavy atom. The highest BCUT2D eigenvalue weighted by Gasteiger charge is 2.62. The first-order valence-corrected chi connectivity index (χ1v) is 19.0. The fourth-order valence-corrected chi connectivity index (χ4v) is 11.4. The first-order valence-electron chi connectivity index (χ1n) is 17.1. The number of carboxylic acids is 1. The Labute approximate surface area is 281 Å². The van der Waals surface area contributed by atoms with E-state index >= 15 is 0 Å². The van der Waals surface area contributed by atoms with Gasteiger partial charge < -0.3 is 24.8 Å². The molecule has 4 bridgehead atoms. The SMILES string of the molecule is O=C(NC1(C(=O)O)C2CC3CC(C2)CC1C3)c1cnc(N2CC3(CCOCC3)c3cc(OC4CCS(=O)(=O)CC4)ccc32)nc1C(F)(F)F. The molecular weight excluding hydrogens is 665 g/mol. The average molecular weight is 705 g/mol. The van der Waals surface area contributed by atoms with Gasteiger partial charge in [-0.3, -0.25) is 4.79 Å². The number of carbonyl (C=O) groups excluding carboxylic acids is 1.